The van der Waals surface area contributed by atoms with Gasteiger partial charge in [-0.3, -0.25) is 19.2 Å². The highest BCUT2D eigenvalue weighted by Gasteiger charge is 2.27. The number of hydrogen-bond acceptors (Lipinski definition) is 7. The van der Waals surface area contributed by atoms with Crippen molar-refractivity contribution in [2.45, 2.75) is 50.9 Å². The van der Waals surface area contributed by atoms with Gasteiger partial charge in [-0.25, -0.2) is 4.98 Å². The Kier molecular flexibility index (Phi) is 8.92. The van der Waals surface area contributed by atoms with Crippen LogP contribution in [0.1, 0.15) is 25.1 Å². The Labute approximate surface area is 190 Å². The second-order valence-electron chi connectivity index (χ2n) is 7.62. The van der Waals surface area contributed by atoms with Gasteiger partial charge in [0, 0.05) is 24.7 Å². The first-order chi connectivity index (χ1) is 15.6. The summed E-state index contributed by atoms with van der Waals surface area (Å²) in [4.78, 5) is 55.4. The van der Waals surface area contributed by atoms with Gasteiger partial charge in [0.1, 0.15) is 23.9 Å². The predicted octanol–water partition coefficient (Wildman–Crippen LogP) is -1.19. The molecule has 0 spiro atoms. The number of hydrogen-bond donors (Lipinski definition) is 7. The zero-order valence-electron chi connectivity index (χ0n) is 18.2. The Hall–Kier alpha value is -3.93. The molecule has 0 aliphatic rings. The summed E-state index contributed by atoms with van der Waals surface area (Å²) < 4.78 is 0. The zero-order chi connectivity index (χ0) is 24.5. The second kappa shape index (κ2) is 11.6. The molecular weight excluding hydrogens is 432 g/mol. The topological polar surface area (TPSA) is 200 Å². The van der Waals surface area contributed by atoms with Gasteiger partial charge < -0.3 is 36.9 Å². The molecule has 4 atom stereocenters. The van der Waals surface area contributed by atoms with E-state index in [1.807, 2.05) is 0 Å². The average Bonchev–Trinajstić information content (AvgIpc) is 3.27. The van der Waals surface area contributed by atoms with Crippen LogP contribution in [0.25, 0.3) is 0 Å². The van der Waals surface area contributed by atoms with Crippen LogP contribution in [0.15, 0.2) is 36.8 Å². The largest absolute Gasteiger partial charge is 0.508 e. The minimum atomic E-state index is -1.23. The number of nitrogens with one attached hydrogen (secondary N) is 4. The van der Waals surface area contributed by atoms with E-state index in [1.54, 1.807) is 12.1 Å². The molecule has 0 aliphatic heterocycles. The van der Waals surface area contributed by atoms with Crippen molar-refractivity contribution in [1.82, 2.24) is 25.9 Å². The lowest BCUT2D eigenvalue weighted by molar-refractivity contribution is -0.141. The molecule has 1 heterocycles. The Bertz CT molecular complexity index is 962. The number of amides is 3. The molecule has 4 unspecified atom stereocenters. The maximum absolute atomic E-state index is 12.7. The van der Waals surface area contributed by atoms with Crippen molar-refractivity contribution in [3.05, 3.63) is 48.0 Å². The summed E-state index contributed by atoms with van der Waals surface area (Å²) in [5.74, 6) is -3.12. The molecular formula is C21H28N6O6. The van der Waals surface area contributed by atoms with Gasteiger partial charge in [-0.15, -0.1) is 0 Å². The number of carboxylic acid groups (broad SMARTS) is 1. The van der Waals surface area contributed by atoms with Crippen molar-refractivity contribution in [2.75, 3.05) is 0 Å². The van der Waals surface area contributed by atoms with E-state index in [1.165, 1.54) is 38.5 Å². The van der Waals surface area contributed by atoms with Crippen molar-refractivity contribution in [3.63, 3.8) is 0 Å². The fourth-order valence-corrected chi connectivity index (χ4v) is 2.86. The third-order valence-corrected chi connectivity index (χ3v) is 4.82. The van der Waals surface area contributed by atoms with Crippen LogP contribution in [0, 0.1) is 0 Å². The second-order valence-corrected chi connectivity index (χ2v) is 7.62. The van der Waals surface area contributed by atoms with Gasteiger partial charge in [0.05, 0.1) is 12.4 Å². The standard InChI is InChI=1S/C21H28N6O6/c1-11(25-19(30)16(22)8-14-9-23-10-24-14)18(29)27-17(20(31)26-12(2)21(32)33)7-13-3-5-15(28)6-4-13/h3-6,9-12,16-17,28H,7-8,22H2,1-2H3,(H,23,24)(H,25,30)(H,26,31)(H,27,29)(H,32,33). The summed E-state index contributed by atoms with van der Waals surface area (Å²) in [7, 11) is 0. The van der Waals surface area contributed by atoms with Crippen LogP contribution < -0.4 is 21.7 Å². The average molecular weight is 460 g/mol. The maximum atomic E-state index is 12.7. The number of rotatable bonds is 11. The Balaban J connectivity index is 2.03. The molecule has 2 rings (SSSR count). The zero-order valence-corrected chi connectivity index (χ0v) is 18.2. The number of nitrogens with zero attached hydrogens (tertiary/aromatic N) is 1. The summed E-state index contributed by atoms with van der Waals surface area (Å²) in [6.45, 7) is 2.73. The van der Waals surface area contributed by atoms with E-state index in [2.05, 4.69) is 25.9 Å². The quantitative estimate of drug-likeness (QED) is 0.217. The van der Waals surface area contributed by atoms with Gasteiger partial charge >= 0.3 is 5.97 Å². The van der Waals surface area contributed by atoms with Crippen LogP contribution in [-0.4, -0.2) is 68.0 Å². The molecule has 1 aromatic carbocycles. The van der Waals surface area contributed by atoms with E-state index >= 15 is 0 Å². The maximum Gasteiger partial charge on any atom is 0.325 e. The molecule has 0 aliphatic carbocycles. The molecule has 1 aromatic heterocycles. The minimum Gasteiger partial charge on any atom is -0.508 e. The van der Waals surface area contributed by atoms with E-state index < -0.39 is 47.9 Å². The van der Waals surface area contributed by atoms with Crippen LogP contribution >= 0.6 is 0 Å². The first-order valence-corrected chi connectivity index (χ1v) is 10.2. The van der Waals surface area contributed by atoms with Gasteiger partial charge in [0.15, 0.2) is 0 Å². The number of carbonyl (C=O) groups excluding carboxylic acids is 3. The van der Waals surface area contributed by atoms with E-state index in [-0.39, 0.29) is 18.6 Å². The fourth-order valence-electron chi connectivity index (χ4n) is 2.86. The van der Waals surface area contributed by atoms with E-state index in [4.69, 9.17) is 10.8 Å². The Morgan fingerprint density at radius 2 is 1.61 bits per heavy atom. The van der Waals surface area contributed by atoms with Crippen molar-refractivity contribution >= 4 is 23.7 Å². The summed E-state index contributed by atoms with van der Waals surface area (Å²) in [6, 6.07) is 1.76. The SMILES string of the molecule is CC(NC(=O)C(Cc1ccc(O)cc1)NC(=O)C(C)NC(=O)C(N)Cc1cnc[nH]1)C(=O)O. The summed E-state index contributed by atoms with van der Waals surface area (Å²) in [5, 5.41) is 25.8. The monoisotopic (exact) mass is 460 g/mol. The minimum absolute atomic E-state index is 0.0319. The van der Waals surface area contributed by atoms with Gasteiger partial charge in [-0.05, 0) is 31.5 Å². The molecule has 12 heteroatoms. The normalized spacial score (nSPS) is 14.4. The molecule has 3 amide bonds. The molecule has 0 saturated carbocycles. The number of benzene rings is 1. The summed E-state index contributed by atoms with van der Waals surface area (Å²) >= 11 is 0. The number of carboxylic acids is 1. The van der Waals surface area contributed by atoms with Crippen LogP contribution in [0.4, 0.5) is 0 Å². The number of aromatic nitrogens is 2. The summed E-state index contributed by atoms with van der Waals surface area (Å²) in [5.41, 5.74) is 7.15. The highest BCUT2D eigenvalue weighted by atomic mass is 16.4. The highest BCUT2D eigenvalue weighted by Crippen LogP contribution is 2.12. The Morgan fingerprint density at radius 3 is 2.18 bits per heavy atom. The molecule has 0 fully saturated rings. The smallest absolute Gasteiger partial charge is 0.325 e. The van der Waals surface area contributed by atoms with Gasteiger partial charge in [-0.2, -0.15) is 0 Å². The lowest BCUT2D eigenvalue weighted by atomic mass is 10.0. The fraction of sp³-hybridized carbons (Fsp3) is 0.381. The van der Waals surface area contributed by atoms with Crippen molar-refractivity contribution < 1.29 is 29.4 Å². The van der Waals surface area contributed by atoms with Crippen LogP contribution in [0.3, 0.4) is 0 Å². The van der Waals surface area contributed by atoms with Gasteiger partial charge in [0.2, 0.25) is 17.7 Å². The molecule has 8 N–H and O–H groups in total. The van der Waals surface area contributed by atoms with Crippen molar-refractivity contribution in [3.8, 4) is 5.75 Å². The molecule has 0 saturated heterocycles. The molecule has 0 bridgehead atoms. The number of H-pyrrole nitrogens is 1. The molecule has 178 valence electrons. The summed E-state index contributed by atoms with van der Waals surface area (Å²) in [6.07, 6.45) is 3.22. The number of nitrogens with two attached hydrogens (primary N) is 1. The van der Waals surface area contributed by atoms with Crippen LogP contribution in [0.5, 0.6) is 5.75 Å². The van der Waals surface area contributed by atoms with Gasteiger partial charge in [0.25, 0.3) is 0 Å². The molecule has 33 heavy (non-hydrogen) atoms. The number of phenolic OH excluding ortho intramolecular Hbond substituents is 1. The molecule has 0 radical (unpaired) electrons. The number of aromatic amines is 1. The van der Waals surface area contributed by atoms with E-state index in [0.717, 1.165) is 0 Å². The van der Waals surface area contributed by atoms with Crippen LogP contribution in [-0.2, 0) is 32.0 Å². The third-order valence-electron chi connectivity index (χ3n) is 4.82. The highest BCUT2D eigenvalue weighted by molar-refractivity contribution is 5.94. The van der Waals surface area contributed by atoms with Crippen LogP contribution in [0.2, 0.25) is 0 Å². The van der Waals surface area contributed by atoms with Crippen molar-refractivity contribution in [2.24, 2.45) is 5.73 Å². The third kappa shape index (κ3) is 7.92. The lowest BCUT2D eigenvalue weighted by Gasteiger charge is -2.23. The number of carbonyl (C=O) groups is 4. The number of aromatic hydroxyl groups is 1. The first kappa shape index (κ1) is 25.3. The van der Waals surface area contributed by atoms with Crippen molar-refractivity contribution in [1.29, 1.82) is 0 Å². The number of aliphatic carboxylic acids is 1. The molecule has 12 nitrogen and oxygen atoms in total. The first-order valence-electron chi connectivity index (χ1n) is 10.2. The predicted molar refractivity (Wildman–Crippen MR) is 117 cm³/mol. The van der Waals surface area contributed by atoms with E-state index in [0.29, 0.717) is 11.3 Å². The number of phenols is 1. The van der Waals surface area contributed by atoms with Gasteiger partial charge in [-0.1, -0.05) is 12.1 Å². The Morgan fingerprint density at radius 1 is 0.970 bits per heavy atom. The number of imidazole rings is 1. The lowest BCUT2D eigenvalue weighted by Crippen LogP contribution is -2.56. The van der Waals surface area contributed by atoms with E-state index in [9.17, 15) is 24.3 Å². The molecule has 2 aromatic rings.